The number of nitrogens with zero attached hydrogens (tertiary/aromatic N) is 2. The predicted octanol–water partition coefficient (Wildman–Crippen LogP) is 14.6. The number of benzene rings is 8. The van der Waals surface area contributed by atoms with Crippen LogP contribution in [0, 0.1) is 0 Å². The molecule has 0 bridgehead atoms. The molecule has 0 N–H and O–H groups in total. The first kappa shape index (κ1) is 36.7. The zero-order valence-corrected chi connectivity index (χ0v) is 34.4. The Balaban J connectivity index is 1.26. The molecule has 0 saturated heterocycles. The topological polar surface area (TPSA) is 6.48 Å². The van der Waals surface area contributed by atoms with E-state index in [0.717, 1.165) is 0 Å². The number of rotatable bonds is 10. The first-order valence-corrected chi connectivity index (χ1v) is 21.3. The quantitative estimate of drug-likeness (QED) is 0.137. The molecule has 2 heteroatoms. The van der Waals surface area contributed by atoms with Gasteiger partial charge in [0.05, 0.1) is 22.8 Å². The molecule has 1 aliphatic carbocycles. The second-order valence-corrected chi connectivity index (χ2v) is 16.5. The largest absolute Gasteiger partial charge is 0.320 e. The van der Waals surface area contributed by atoms with E-state index in [1.807, 2.05) is 0 Å². The summed E-state index contributed by atoms with van der Waals surface area (Å²) in [6.07, 6.45) is 0. The average molecular weight is 763 g/mol. The minimum absolute atomic E-state index is 0.172. The zero-order valence-electron chi connectivity index (χ0n) is 34.4. The van der Waals surface area contributed by atoms with Gasteiger partial charge in [-0.15, -0.1) is 0 Å². The summed E-state index contributed by atoms with van der Waals surface area (Å²) in [5, 5.41) is 2.62. The van der Waals surface area contributed by atoms with Crippen LogP contribution in [-0.4, -0.2) is 6.67 Å². The van der Waals surface area contributed by atoms with Gasteiger partial charge in [0.2, 0.25) is 0 Å². The van der Waals surface area contributed by atoms with Crippen molar-refractivity contribution in [3.63, 3.8) is 0 Å². The molecular formula is C57H50N2. The average Bonchev–Trinajstić information content (AvgIpc) is 3.86. The molecular weight excluding hydrogens is 713 g/mol. The molecule has 0 amide bonds. The van der Waals surface area contributed by atoms with Crippen LogP contribution in [0.1, 0.15) is 107 Å². The molecule has 4 atom stereocenters. The van der Waals surface area contributed by atoms with Crippen molar-refractivity contribution in [1.82, 2.24) is 0 Å². The highest BCUT2D eigenvalue weighted by Gasteiger charge is 2.42. The summed E-state index contributed by atoms with van der Waals surface area (Å²) in [7, 11) is 0. The van der Waals surface area contributed by atoms with Crippen molar-refractivity contribution in [2.45, 2.75) is 51.4 Å². The Morgan fingerprint density at radius 3 is 0.915 bits per heavy atom. The molecule has 0 spiro atoms. The molecule has 59 heavy (non-hydrogen) atoms. The zero-order chi connectivity index (χ0) is 40.0. The van der Waals surface area contributed by atoms with E-state index in [0.29, 0.717) is 6.67 Å². The maximum absolute atomic E-state index is 2.70. The van der Waals surface area contributed by atoms with Crippen LogP contribution in [-0.2, 0) is 0 Å². The maximum atomic E-state index is 2.70. The SMILES string of the molecule is C[C@H](c1ccccc1)c1cccc([C@H](C)c2ccccc2)c1N1CN(c2c([C@H](C)c3ccccc3)cccc2[C@H](C)c2ccccc2)C2=C1c1cccc3cccc2c13. The Labute approximate surface area is 349 Å². The fourth-order valence-corrected chi connectivity index (χ4v) is 10.1. The molecule has 2 aliphatic rings. The third-order valence-corrected chi connectivity index (χ3v) is 13.3. The predicted molar refractivity (Wildman–Crippen MR) is 249 cm³/mol. The van der Waals surface area contributed by atoms with Gasteiger partial charge in [-0.3, -0.25) is 0 Å². The van der Waals surface area contributed by atoms with Crippen molar-refractivity contribution in [3.8, 4) is 0 Å². The van der Waals surface area contributed by atoms with Gasteiger partial charge in [-0.2, -0.15) is 0 Å². The molecule has 0 fully saturated rings. The van der Waals surface area contributed by atoms with E-state index in [1.54, 1.807) is 0 Å². The summed E-state index contributed by atoms with van der Waals surface area (Å²) < 4.78 is 0. The summed E-state index contributed by atoms with van der Waals surface area (Å²) in [5.74, 6) is 0.688. The number of hydrogen-bond donors (Lipinski definition) is 0. The lowest BCUT2D eigenvalue weighted by Crippen LogP contribution is -2.31. The van der Waals surface area contributed by atoms with Crippen LogP contribution >= 0.6 is 0 Å². The van der Waals surface area contributed by atoms with E-state index < -0.39 is 0 Å². The maximum Gasteiger partial charge on any atom is 0.100 e. The van der Waals surface area contributed by atoms with E-state index in [-0.39, 0.29) is 23.7 Å². The van der Waals surface area contributed by atoms with Gasteiger partial charge >= 0.3 is 0 Å². The van der Waals surface area contributed by atoms with Gasteiger partial charge in [0, 0.05) is 40.2 Å². The van der Waals surface area contributed by atoms with Crippen LogP contribution in [0.15, 0.2) is 194 Å². The Bertz CT molecular complexity index is 2490. The van der Waals surface area contributed by atoms with E-state index in [2.05, 4.69) is 232 Å². The minimum atomic E-state index is 0.172. The molecule has 0 unspecified atom stereocenters. The van der Waals surface area contributed by atoms with E-state index >= 15 is 0 Å². The molecule has 0 saturated carbocycles. The van der Waals surface area contributed by atoms with Crippen molar-refractivity contribution in [2.24, 2.45) is 0 Å². The standard InChI is InChI=1S/C57H50N2/c1-38(42-21-9-5-10-22-42)47-31-19-32-48(39(2)43-23-11-6-12-24-43)54(47)58-37-59(57-52-36-18-30-46-29-17-35-51(53(46)52)56(57)58)55-49(40(3)44-25-13-7-14-26-44)33-20-34-50(55)41(4)45-27-15-8-16-28-45/h5-36,38-41H,37H2,1-4H3/t38-,39-,40-,41-/m1/s1. The fourth-order valence-electron chi connectivity index (χ4n) is 10.1. The van der Waals surface area contributed by atoms with Gasteiger partial charge in [-0.05, 0) is 49.9 Å². The normalized spacial score (nSPS) is 15.3. The Morgan fingerprint density at radius 1 is 0.322 bits per heavy atom. The van der Waals surface area contributed by atoms with Crippen molar-refractivity contribution in [1.29, 1.82) is 0 Å². The number of anilines is 2. The smallest absolute Gasteiger partial charge is 0.100 e. The van der Waals surface area contributed by atoms with Crippen molar-refractivity contribution in [3.05, 3.63) is 250 Å². The molecule has 0 aromatic heterocycles. The first-order chi connectivity index (χ1) is 29.0. The van der Waals surface area contributed by atoms with Crippen LogP contribution in [0.4, 0.5) is 11.4 Å². The third-order valence-electron chi connectivity index (χ3n) is 13.3. The molecule has 288 valence electrons. The molecule has 1 heterocycles. The van der Waals surface area contributed by atoms with Gasteiger partial charge in [0.15, 0.2) is 0 Å². The van der Waals surface area contributed by atoms with Gasteiger partial charge in [0.1, 0.15) is 6.67 Å². The van der Waals surface area contributed by atoms with E-state index in [9.17, 15) is 0 Å². The highest BCUT2D eigenvalue weighted by atomic mass is 15.4. The number of hydrogen-bond acceptors (Lipinski definition) is 2. The highest BCUT2D eigenvalue weighted by molar-refractivity contribution is 6.21. The van der Waals surface area contributed by atoms with E-state index in [1.165, 1.54) is 89.2 Å². The van der Waals surface area contributed by atoms with E-state index in [4.69, 9.17) is 0 Å². The monoisotopic (exact) mass is 762 g/mol. The summed E-state index contributed by atoms with van der Waals surface area (Å²) in [6, 6.07) is 72.1. The van der Waals surface area contributed by atoms with Crippen LogP contribution in [0.25, 0.3) is 22.2 Å². The first-order valence-electron chi connectivity index (χ1n) is 21.3. The Morgan fingerprint density at radius 2 is 0.610 bits per heavy atom. The molecule has 2 nitrogen and oxygen atoms in total. The second kappa shape index (κ2) is 15.3. The van der Waals surface area contributed by atoms with Crippen LogP contribution in [0.3, 0.4) is 0 Å². The molecule has 8 aromatic carbocycles. The lowest BCUT2D eigenvalue weighted by atomic mass is 9.84. The number of fused-ring (bicyclic) bond motifs is 2. The lowest BCUT2D eigenvalue weighted by Gasteiger charge is -2.35. The van der Waals surface area contributed by atoms with Crippen molar-refractivity contribution in [2.75, 3.05) is 16.5 Å². The van der Waals surface area contributed by atoms with Crippen LogP contribution in [0.2, 0.25) is 0 Å². The summed E-state index contributed by atoms with van der Waals surface area (Å²) >= 11 is 0. The van der Waals surface area contributed by atoms with Gasteiger partial charge in [-0.25, -0.2) is 0 Å². The second-order valence-electron chi connectivity index (χ2n) is 16.5. The van der Waals surface area contributed by atoms with Crippen molar-refractivity contribution < 1.29 is 0 Å². The van der Waals surface area contributed by atoms with Gasteiger partial charge in [0.25, 0.3) is 0 Å². The highest BCUT2D eigenvalue weighted by Crippen LogP contribution is 2.56. The van der Waals surface area contributed by atoms with Gasteiger partial charge < -0.3 is 9.80 Å². The third kappa shape index (κ3) is 6.26. The molecule has 10 rings (SSSR count). The summed E-state index contributed by atoms with van der Waals surface area (Å²) in [6.45, 7) is 10.2. The Hall–Kier alpha value is -6.64. The molecule has 1 aliphatic heterocycles. The number of para-hydroxylation sites is 2. The lowest BCUT2D eigenvalue weighted by molar-refractivity contribution is 0.845. The van der Waals surface area contributed by atoms with Crippen molar-refractivity contribution >= 4 is 33.5 Å². The van der Waals surface area contributed by atoms with Crippen LogP contribution < -0.4 is 9.80 Å². The Kier molecular flexibility index (Phi) is 9.49. The molecule has 0 radical (unpaired) electrons. The fraction of sp³-hybridized carbons (Fsp3) is 0.158. The molecule has 8 aromatic rings. The minimum Gasteiger partial charge on any atom is -0.320 e. The van der Waals surface area contributed by atoms with Crippen LogP contribution in [0.5, 0.6) is 0 Å². The summed E-state index contributed by atoms with van der Waals surface area (Å²) in [5.41, 5.74) is 18.5. The summed E-state index contributed by atoms with van der Waals surface area (Å²) in [4.78, 5) is 5.41. The van der Waals surface area contributed by atoms with Gasteiger partial charge in [-0.1, -0.05) is 222 Å².